The summed E-state index contributed by atoms with van der Waals surface area (Å²) in [5.41, 5.74) is 0. The van der Waals surface area contributed by atoms with Crippen LogP contribution in [0.2, 0.25) is 0 Å². The van der Waals surface area contributed by atoms with Gasteiger partial charge in [-0.2, -0.15) is 15.4 Å². The van der Waals surface area contributed by atoms with Crippen molar-refractivity contribution >= 4 is 12.2 Å². The standard InChI is InChI=1S/C11H19N3O2S/c1-3-5-7-14(8-6-4-2)17-16-15-11(9-12)10-13/h11H,3-8H2,1-2H3. The van der Waals surface area contributed by atoms with Gasteiger partial charge in [0.05, 0.1) is 0 Å². The number of nitrogens with zero attached hydrogens (tertiary/aromatic N) is 3. The highest BCUT2D eigenvalue weighted by Gasteiger charge is 2.10. The number of rotatable bonds is 10. The highest BCUT2D eigenvalue weighted by molar-refractivity contribution is 7.92. The fraction of sp³-hybridized carbons (Fsp3) is 0.818. The largest absolute Gasteiger partial charge is 0.265 e. The Morgan fingerprint density at radius 2 is 1.65 bits per heavy atom. The summed E-state index contributed by atoms with van der Waals surface area (Å²) in [6.45, 7) is 6.07. The fourth-order valence-electron chi connectivity index (χ4n) is 1.03. The number of unbranched alkanes of at least 4 members (excludes halogenated alkanes) is 2. The van der Waals surface area contributed by atoms with Gasteiger partial charge < -0.3 is 0 Å². The molecule has 0 fully saturated rings. The Hall–Kier alpha value is -0.790. The maximum atomic E-state index is 8.47. The monoisotopic (exact) mass is 257 g/mol. The van der Waals surface area contributed by atoms with Crippen molar-refractivity contribution in [2.24, 2.45) is 0 Å². The molecular formula is C11H19N3O2S. The van der Waals surface area contributed by atoms with Crippen LogP contribution >= 0.6 is 12.2 Å². The first-order chi connectivity index (χ1) is 8.28. The third-order valence-corrected chi connectivity index (χ3v) is 2.74. The maximum Gasteiger partial charge on any atom is 0.265 e. The molecule has 0 heterocycles. The van der Waals surface area contributed by atoms with Crippen LogP contribution in [0, 0.1) is 22.7 Å². The van der Waals surface area contributed by atoms with Crippen LogP contribution in [0.1, 0.15) is 39.5 Å². The molecule has 96 valence electrons. The van der Waals surface area contributed by atoms with Gasteiger partial charge >= 0.3 is 0 Å². The average molecular weight is 257 g/mol. The third kappa shape index (κ3) is 8.96. The van der Waals surface area contributed by atoms with Crippen LogP contribution in [-0.4, -0.2) is 23.5 Å². The molecule has 17 heavy (non-hydrogen) atoms. The van der Waals surface area contributed by atoms with Crippen LogP contribution in [0.3, 0.4) is 0 Å². The molecular weight excluding hydrogens is 238 g/mol. The molecule has 0 atom stereocenters. The average Bonchev–Trinajstić information content (AvgIpc) is 2.37. The summed E-state index contributed by atoms with van der Waals surface area (Å²) in [5.74, 6) is 0. The van der Waals surface area contributed by atoms with E-state index in [-0.39, 0.29) is 0 Å². The lowest BCUT2D eigenvalue weighted by molar-refractivity contribution is -0.201. The minimum absolute atomic E-state index is 0.911. The molecule has 5 nitrogen and oxygen atoms in total. The Labute approximate surface area is 108 Å². The Morgan fingerprint density at radius 3 is 2.06 bits per heavy atom. The molecule has 0 bridgehead atoms. The molecule has 0 rings (SSSR count). The van der Waals surface area contributed by atoms with Crippen molar-refractivity contribution in [2.75, 3.05) is 13.1 Å². The van der Waals surface area contributed by atoms with Crippen LogP contribution in [0.4, 0.5) is 0 Å². The lowest BCUT2D eigenvalue weighted by Crippen LogP contribution is -2.19. The molecule has 0 aromatic heterocycles. The Bertz CT molecular complexity index is 240. The summed E-state index contributed by atoms with van der Waals surface area (Å²) in [7, 11) is 0. The SMILES string of the molecule is CCCCN(CCCC)SOOC(C#N)C#N. The zero-order chi connectivity index (χ0) is 12.9. The van der Waals surface area contributed by atoms with Crippen LogP contribution in [0.5, 0.6) is 0 Å². The van der Waals surface area contributed by atoms with Crippen LogP contribution in [0.15, 0.2) is 0 Å². The lowest BCUT2D eigenvalue weighted by Gasteiger charge is -2.18. The van der Waals surface area contributed by atoms with E-state index >= 15 is 0 Å². The highest BCUT2D eigenvalue weighted by atomic mass is 32.2. The summed E-state index contributed by atoms with van der Waals surface area (Å²) in [5, 5.41) is 16.9. The third-order valence-electron chi connectivity index (χ3n) is 2.03. The smallest absolute Gasteiger partial charge is 0.224 e. The van der Waals surface area contributed by atoms with Gasteiger partial charge in [-0.1, -0.05) is 26.7 Å². The van der Waals surface area contributed by atoms with Gasteiger partial charge in [0.25, 0.3) is 6.10 Å². The van der Waals surface area contributed by atoms with Crippen molar-refractivity contribution in [1.29, 1.82) is 10.5 Å². The van der Waals surface area contributed by atoms with Crippen molar-refractivity contribution in [3.63, 3.8) is 0 Å². The van der Waals surface area contributed by atoms with E-state index in [0.29, 0.717) is 0 Å². The van der Waals surface area contributed by atoms with Gasteiger partial charge in [-0.05, 0) is 12.8 Å². The van der Waals surface area contributed by atoms with Gasteiger partial charge in [0.15, 0.2) is 0 Å². The predicted octanol–water partition coefficient (Wildman–Crippen LogP) is 2.82. The van der Waals surface area contributed by atoms with Gasteiger partial charge in [0, 0.05) is 13.1 Å². The lowest BCUT2D eigenvalue weighted by atomic mass is 10.3. The summed E-state index contributed by atoms with van der Waals surface area (Å²) in [6.07, 6.45) is 3.23. The normalized spacial score (nSPS) is 10.5. The van der Waals surface area contributed by atoms with E-state index in [4.69, 9.17) is 14.9 Å². The molecule has 0 aliphatic rings. The Kier molecular flexibility index (Phi) is 11.1. The summed E-state index contributed by atoms with van der Waals surface area (Å²) in [4.78, 5) is 4.63. The predicted molar refractivity (Wildman–Crippen MR) is 66.2 cm³/mol. The topological polar surface area (TPSA) is 69.3 Å². The van der Waals surface area contributed by atoms with Crippen molar-refractivity contribution < 1.29 is 9.22 Å². The summed E-state index contributed by atoms with van der Waals surface area (Å²) >= 11 is 1.07. The summed E-state index contributed by atoms with van der Waals surface area (Å²) in [6, 6.07) is 3.34. The molecule has 0 amide bonds. The molecule has 0 aromatic rings. The van der Waals surface area contributed by atoms with Gasteiger partial charge in [0.2, 0.25) is 0 Å². The molecule has 0 saturated carbocycles. The first-order valence-electron chi connectivity index (χ1n) is 5.82. The van der Waals surface area contributed by atoms with E-state index in [1.807, 2.05) is 4.31 Å². The Balaban J connectivity index is 3.82. The molecule has 0 N–H and O–H groups in total. The van der Waals surface area contributed by atoms with Gasteiger partial charge in [-0.3, -0.25) is 0 Å². The van der Waals surface area contributed by atoms with Crippen LogP contribution < -0.4 is 0 Å². The highest BCUT2D eigenvalue weighted by Crippen LogP contribution is 2.15. The minimum atomic E-state index is -1.17. The van der Waals surface area contributed by atoms with Crippen LogP contribution in [-0.2, 0) is 9.22 Å². The van der Waals surface area contributed by atoms with Crippen LogP contribution in [0.25, 0.3) is 0 Å². The van der Waals surface area contributed by atoms with E-state index in [9.17, 15) is 0 Å². The molecule has 0 spiro atoms. The quantitative estimate of drug-likeness (QED) is 0.259. The molecule has 0 aromatic carbocycles. The molecule has 0 unspecified atom stereocenters. The van der Waals surface area contributed by atoms with E-state index in [0.717, 1.165) is 51.0 Å². The maximum absolute atomic E-state index is 8.47. The van der Waals surface area contributed by atoms with Crippen molar-refractivity contribution in [1.82, 2.24) is 4.31 Å². The molecule has 0 aliphatic heterocycles. The van der Waals surface area contributed by atoms with Crippen molar-refractivity contribution in [3.8, 4) is 12.1 Å². The second-order valence-electron chi connectivity index (χ2n) is 3.51. The van der Waals surface area contributed by atoms with Crippen molar-refractivity contribution in [2.45, 2.75) is 45.6 Å². The van der Waals surface area contributed by atoms with Gasteiger partial charge in [-0.25, -0.2) is 4.31 Å². The molecule has 6 heteroatoms. The number of nitriles is 2. The minimum Gasteiger partial charge on any atom is -0.224 e. The second-order valence-corrected chi connectivity index (χ2v) is 4.31. The molecule has 0 saturated heterocycles. The van der Waals surface area contributed by atoms with Gasteiger partial charge in [-0.15, -0.1) is 4.33 Å². The molecule has 0 aliphatic carbocycles. The zero-order valence-corrected chi connectivity index (χ0v) is 11.2. The number of hydrogen-bond acceptors (Lipinski definition) is 6. The van der Waals surface area contributed by atoms with E-state index in [1.54, 1.807) is 12.1 Å². The van der Waals surface area contributed by atoms with Crippen molar-refractivity contribution in [3.05, 3.63) is 0 Å². The second kappa shape index (κ2) is 11.7. The van der Waals surface area contributed by atoms with E-state index in [2.05, 4.69) is 18.7 Å². The number of hydrogen-bond donors (Lipinski definition) is 0. The Morgan fingerprint density at radius 1 is 1.12 bits per heavy atom. The summed E-state index contributed by atoms with van der Waals surface area (Å²) < 4.78 is 6.87. The first kappa shape index (κ1) is 16.2. The van der Waals surface area contributed by atoms with E-state index < -0.39 is 6.10 Å². The fourth-order valence-corrected chi connectivity index (χ4v) is 1.63. The first-order valence-corrected chi connectivity index (χ1v) is 6.52. The van der Waals surface area contributed by atoms with Gasteiger partial charge in [0.1, 0.15) is 24.4 Å². The zero-order valence-electron chi connectivity index (χ0n) is 10.4. The van der Waals surface area contributed by atoms with E-state index in [1.165, 1.54) is 0 Å². The molecule has 0 radical (unpaired) electrons.